The van der Waals surface area contributed by atoms with Crippen LogP contribution in [0.1, 0.15) is 6.92 Å². The summed E-state index contributed by atoms with van der Waals surface area (Å²) >= 11 is 0. The lowest BCUT2D eigenvalue weighted by atomic mass is 9.98. The molecule has 0 bridgehead atoms. The third-order valence-electron chi connectivity index (χ3n) is 7.29. The van der Waals surface area contributed by atoms with Crippen LogP contribution >= 0.6 is 0 Å². The Labute approximate surface area is 241 Å². The van der Waals surface area contributed by atoms with Crippen molar-refractivity contribution < 1.29 is 74.4 Å². The molecule has 5 rings (SSSR count). The van der Waals surface area contributed by atoms with E-state index in [2.05, 4.69) is 0 Å². The second kappa shape index (κ2) is 11.8. The van der Waals surface area contributed by atoms with Gasteiger partial charge in [0.05, 0.1) is 12.7 Å². The Hall–Kier alpha value is -3.71. The molecule has 0 saturated carbocycles. The third kappa shape index (κ3) is 5.67. The van der Waals surface area contributed by atoms with E-state index in [1.54, 1.807) is 0 Å². The fraction of sp³-hybridized carbons (Fsp3) is 0.444. The minimum Gasteiger partial charge on any atom is -0.508 e. The molecule has 2 aliphatic heterocycles. The van der Waals surface area contributed by atoms with Gasteiger partial charge in [0.1, 0.15) is 65.2 Å². The molecule has 2 aliphatic rings. The zero-order valence-electron chi connectivity index (χ0n) is 22.3. The number of fused-ring (bicyclic) bond motifs is 1. The van der Waals surface area contributed by atoms with E-state index in [1.165, 1.54) is 13.0 Å². The summed E-state index contributed by atoms with van der Waals surface area (Å²) in [7, 11) is 0. The first-order valence-electron chi connectivity index (χ1n) is 13.0. The summed E-state index contributed by atoms with van der Waals surface area (Å²) in [5.74, 6) is -3.33. The Morgan fingerprint density at radius 1 is 0.744 bits per heavy atom. The van der Waals surface area contributed by atoms with Crippen molar-refractivity contribution in [3.8, 4) is 40.1 Å². The summed E-state index contributed by atoms with van der Waals surface area (Å²) in [5.41, 5.74) is -1.35. The topological polar surface area (TPSA) is 269 Å². The monoisotopic (exact) mass is 610 g/mol. The quantitative estimate of drug-likeness (QED) is 0.140. The number of rotatable bonds is 6. The number of aliphatic hydroxyl groups excluding tert-OH is 6. The van der Waals surface area contributed by atoms with Crippen LogP contribution in [-0.2, 0) is 14.2 Å². The fourth-order valence-corrected chi connectivity index (χ4v) is 4.84. The van der Waals surface area contributed by atoms with Crippen LogP contribution in [0.2, 0.25) is 0 Å². The number of benzene rings is 2. The molecule has 0 unspecified atom stereocenters. The molecule has 43 heavy (non-hydrogen) atoms. The van der Waals surface area contributed by atoms with Gasteiger partial charge in [-0.2, -0.15) is 0 Å². The molecular weight excluding hydrogens is 580 g/mol. The van der Waals surface area contributed by atoms with E-state index < -0.39 is 113 Å². The zero-order valence-corrected chi connectivity index (χ0v) is 22.3. The van der Waals surface area contributed by atoms with Crippen molar-refractivity contribution >= 4 is 11.0 Å². The predicted octanol–water partition coefficient (Wildman–Crippen LogP) is -1.69. The SMILES string of the molecule is C[C@H]1O[C@@H](OC[C@H]2O[C@@H](Oc3c(-c4ccc(O)c(O)c4)oc4cc(O)cc(O)c4c3=O)[C@@H](O)[C@@H](O)[C@H]2O)[C@@H](O)[C@@H](O)[C@H]1O. The molecule has 1 aromatic heterocycles. The van der Waals surface area contributed by atoms with Crippen molar-refractivity contribution in [2.75, 3.05) is 6.61 Å². The van der Waals surface area contributed by atoms with Gasteiger partial charge in [0.2, 0.25) is 17.5 Å². The average Bonchev–Trinajstić information content (AvgIpc) is 2.96. The smallest absolute Gasteiger partial charge is 0.239 e. The van der Waals surface area contributed by atoms with Crippen molar-refractivity contribution in [2.45, 2.75) is 68.3 Å². The molecule has 0 radical (unpaired) electrons. The molecule has 2 saturated heterocycles. The van der Waals surface area contributed by atoms with Crippen LogP contribution in [0.15, 0.2) is 39.5 Å². The van der Waals surface area contributed by atoms with Crippen LogP contribution in [0.5, 0.6) is 28.7 Å². The first kappa shape index (κ1) is 30.7. The number of ether oxygens (including phenoxy) is 4. The molecule has 2 aromatic carbocycles. The molecule has 234 valence electrons. The fourth-order valence-electron chi connectivity index (χ4n) is 4.84. The predicted molar refractivity (Wildman–Crippen MR) is 140 cm³/mol. The Balaban J connectivity index is 1.48. The lowest BCUT2D eigenvalue weighted by Gasteiger charge is -2.42. The highest BCUT2D eigenvalue weighted by molar-refractivity contribution is 5.88. The number of aliphatic hydroxyl groups is 6. The lowest BCUT2D eigenvalue weighted by Crippen LogP contribution is -2.61. The second-order valence-corrected chi connectivity index (χ2v) is 10.3. The summed E-state index contributed by atoms with van der Waals surface area (Å²) < 4.78 is 27.8. The maximum absolute atomic E-state index is 13.6. The van der Waals surface area contributed by atoms with Crippen LogP contribution in [0.4, 0.5) is 0 Å². The van der Waals surface area contributed by atoms with Gasteiger partial charge in [-0.05, 0) is 25.1 Å². The van der Waals surface area contributed by atoms with Gasteiger partial charge in [0.25, 0.3) is 0 Å². The van der Waals surface area contributed by atoms with E-state index in [-0.39, 0.29) is 11.1 Å². The highest BCUT2D eigenvalue weighted by atomic mass is 16.7. The lowest BCUT2D eigenvalue weighted by molar-refractivity contribution is -0.318. The molecule has 16 heteroatoms. The van der Waals surface area contributed by atoms with Crippen molar-refractivity contribution in [1.29, 1.82) is 0 Å². The van der Waals surface area contributed by atoms with Gasteiger partial charge in [-0.1, -0.05) is 0 Å². The van der Waals surface area contributed by atoms with Crippen molar-refractivity contribution in [3.05, 3.63) is 40.6 Å². The van der Waals surface area contributed by atoms with Crippen LogP contribution in [0, 0.1) is 0 Å². The van der Waals surface area contributed by atoms with Gasteiger partial charge in [-0.3, -0.25) is 4.79 Å². The largest absolute Gasteiger partial charge is 0.508 e. The van der Waals surface area contributed by atoms with E-state index in [4.69, 9.17) is 23.4 Å². The molecule has 0 spiro atoms. The molecule has 0 amide bonds. The Kier molecular flexibility index (Phi) is 8.41. The third-order valence-corrected chi connectivity index (χ3v) is 7.29. The van der Waals surface area contributed by atoms with Gasteiger partial charge in [-0.15, -0.1) is 0 Å². The minimum atomic E-state index is -1.97. The number of phenols is 4. The second-order valence-electron chi connectivity index (χ2n) is 10.3. The normalized spacial score (nSPS) is 33.0. The van der Waals surface area contributed by atoms with Gasteiger partial charge < -0.3 is 74.4 Å². The Bertz CT molecular complexity index is 1540. The van der Waals surface area contributed by atoms with Crippen molar-refractivity contribution in [3.63, 3.8) is 0 Å². The number of hydrogen-bond donors (Lipinski definition) is 10. The first-order chi connectivity index (χ1) is 20.3. The van der Waals surface area contributed by atoms with Crippen LogP contribution in [0.3, 0.4) is 0 Å². The molecule has 3 aromatic rings. The molecule has 2 fully saturated rings. The summed E-state index contributed by atoms with van der Waals surface area (Å²) in [6, 6.07) is 5.24. The van der Waals surface area contributed by atoms with E-state index >= 15 is 0 Å². The van der Waals surface area contributed by atoms with E-state index in [9.17, 15) is 55.9 Å². The van der Waals surface area contributed by atoms with E-state index in [1.807, 2.05) is 0 Å². The first-order valence-corrected chi connectivity index (χ1v) is 13.0. The number of phenolic OH excluding ortho intramolecular Hbond substituents is 4. The summed E-state index contributed by atoms with van der Waals surface area (Å²) in [6.45, 7) is 0.818. The molecule has 0 aliphatic carbocycles. The number of aromatic hydroxyl groups is 4. The summed E-state index contributed by atoms with van der Waals surface area (Å²) in [4.78, 5) is 13.6. The molecule has 16 nitrogen and oxygen atoms in total. The highest BCUT2D eigenvalue weighted by Gasteiger charge is 2.47. The van der Waals surface area contributed by atoms with Gasteiger partial charge in [0, 0.05) is 17.7 Å². The molecule has 3 heterocycles. The molecule has 10 atom stereocenters. The maximum atomic E-state index is 13.6. The average molecular weight is 611 g/mol. The van der Waals surface area contributed by atoms with Gasteiger partial charge in [-0.25, -0.2) is 0 Å². The van der Waals surface area contributed by atoms with Crippen LogP contribution in [-0.4, -0.2) is 119 Å². The van der Waals surface area contributed by atoms with E-state index in [0.29, 0.717) is 0 Å². The van der Waals surface area contributed by atoms with Crippen molar-refractivity contribution in [2.24, 2.45) is 0 Å². The van der Waals surface area contributed by atoms with Gasteiger partial charge in [0.15, 0.2) is 23.5 Å². The van der Waals surface area contributed by atoms with E-state index in [0.717, 1.165) is 24.3 Å². The zero-order chi connectivity index (χ0) is 31.3. The van der Waals surface area contributed by atoms with Crippen LogP contribution < -0.4 is 10.2 Å². The van der Waals surface area contributed by atoms with Gasteiger partial charge >= 0.3 is 0 Å². The van der Waals surface area contributed by atoms with Crippen molar-refractivity contribution in [1.82, 2.24) is 0 Å². The number of hydrogen-bond acceptors (Lipinski definition) is 16. The molecule has 10 N–H and O–H groups in total. The maximum Gasteiger partial charge on any atom is 0.239 e. The molecular formula is C27H30O16. The summed E-state index contributed by atoms with van der Waals surface area (Å²) in [6.07, 6.45) is -16.2. The van der Waals surface area contributed by atoms with Crippen LogP contribution in [0.25, 0.3) is 22.3 Å². The Morgan fingerprint density at radius 3 is 2.12 bits per heavy atom. The highest BCUT2D eigenvalue weighted by Crippen LogP contribution is 2.39. The summed E-state index contributed by atoms with van der Waals surface area (Å²) in [5, 5.41) is 101. The minimum absolute atomic E-state index is 0.0313. The standard InChI is InChI=1S/C27H30O16/c1-8-17(32)20(35)22(37)26(40-8)39-7-15-18(33)21(36)23(38)27(42-15)43-25-19(34)16-13(31)5-10(28)6-14(16)41-24(25)9-2-3-11(29)12(30)4-9/h2-6,8,15,17-18,20-23,26-33,35-38H,7H2,1H3/t8-,15-,17+,18+,20+,21+,22+,23+,26-,27+/m1/s1. The Morgan fingerprint density at radius 2 is 1.42 bits per heavy atom.